The van der Waals surface area contributed by atoms with Crippen LogP contribution in [0.4, 0.5) is 0 Å². The van der Waals surface area contributed by atoms with Crippen LogP contribution in [-0.2, 0) is 18.0 Å². The second-order valence-corrected chi connectivity index (χ2v) is 10.2. The smallest absolute Gasteiger partial charge is 0.302 e. The molecule has 0 amide bonds. The Hall–Kier alpha value is -0.780. The fourth-order valence-corrected chi connectivity index (χ4v) is 3.95. The molecule has 0 aromatic carbocycles. The van der Waals surface area contributed by atoms with Gasteiger partial charge < -0.3 is 14.7 Å². The summed E-state index contributed by atoms with van der Waals surface area (Å²) < 4.78 is 30.1. The number of hydrogen-bond donors (Lipinski definition) is 3. The van der Waals surface area contributed by atoms with Crippen molar-refractivity contribution in [3.05, 3.63) is 46.6 Å². The van der Waals surface area contributed by atoms with Crippen LogP contribution < -0.4 is 0 Å². The van der Waals surface area contributed by atoms with Gasteiger partial charge in [-0.05, 0) is 73.1 Å². The summed E-state index contributed by atoms with van der Waals surface area (Å²) in [6, 6.07) is 0. The molecule has 0 aliphatic heterocycles. The van der Waals surface area contributed by atoms with Crippen LogP contribution in [0, 0.1) is 0 Å². The standard InChI is InChI=1S/C20H36O7P2/c1-17(2)9-6-10-18(3)11-7-12-19(4)13-8-14-20(5)15-16-26-29(24,25)27-28(21,22)23/h9,11,13,15H,6-8,10,12,14,16H2,1-5H3,(H,24,25)(H2,21,22,23)/b18-11-,19-13+,20-15+. The van der Waals surface area contributed by atoms with E-state index in [1.807, 2.05) is 6.92 Å². The molecule has 0 aliphatic rings. The molecule has 0 aromatic heterocycles. The van der Waals surface area contributed by atoms with Gasteiger partial charge >= 0.3 is 15.6 Å². The molecule has 0 radical (unpaired) electrons. The summed E-state index contributed by atoms with van der Waals surface area (Å²) in [6.45, 7) is 10.1. The molecule has 0 fully saturated rings. The molecule has 0 aliphatic carbocycles. The fourth-order valence-electron chi connectivity index (χ4n) is 2.42. The van der Waals surface area contributed by atoms with Crippen LogP contribution in [0.3, 0.4) is 0 Å². The summed E-state index contributed by atoms with van der Waals surface area (Å²) in [5.74, 6) is 0. The van der Waals surface area contributed by atoms with Gasteiger partial charge in [-0.1, -0.05) is 46.6 Å². The molecular formula is C20H36O7P2. The van der Waals surface area contributed by atoms with Crippen LogP contribution in [0.1, 0.15) is 73.1 Å². The molecule has 7 nitrogen and oxygen atoms in total. The van der Waals surface area contributed by atoms with Gasteiger partial charge in [0.1, 0.15) is 0 Å². The monoisotopic (exact) mass is 450 g/mol. The maximum absolute atomic E-state index is 11.3. The minimum Gasteiger partial charge on any atom is -0.302 e. The number of allylic oxidation sites excluding steroid dienone is 7. The zero-order valence-corrected chi connectivity index (χ0v) is 19.9. The minimum absolute atomic E-state index is 0.265. The summed E-state index contributed by atoms with van der Waals surface area (Å²) in [6.07, 6.45) is 14.1. The van der Waals surface area contributed by atoms with E-state index in [1.54, 1.807) is 6.08 Å². The average Bonchev–Trinajstić information content (AvgIpc) is 2.51. The molecule has 168 valence electrons. The highest BCUT2D eigenvalue weighted by atomic mass is 31.3. The lowest BCUT2D eigenvalue weighted by atomic mass is 10.0. The molecule has 0 saturated carbocycles. The maximum Gasteiger partial charge on any atom is 0.481 e. The molecule has 0 rings (SSSR count). The van der Waals surface area contributed by atoms with Crippen LogP contribution in [0.5, 0.6) is 0 Å². The fraction of sp³-hybridized carbons (Fsp3) is 0.600. The Morgan fingerprint density at radius 1 is 0.724 bits per heavy atom. The molecule has 0 bridgehead atoms. The van der Waals surface area contributed by atoms with Gasteiger partial charge in [0.25, 0.3) is 0 Å². The van der Waals surface area contributed by atoms with Crippen molar-refractivity contribution in [2.45, 2.75) is 73.1 Å². The summed E-state index contributed by atoms with van der Waals surface area (Å²) in [7, 11) is -9.85. The summed E-state index contributed by atoms with van der Waals surface area (Å²) in [5.41, 5.74) is 5.03. The highest BCUT2D eigenvalue weighted by Crippen LogP contribution is 2.57. The lowest BCUT2D eigenvalue weighted by molar-refractivity contribution is 0.191. The molecule has 0 heterocycles. The number of hydrogen-bond acceptors (Lipinski definition) is 4. The van der Waals surface area contributed by atoms with Crippen molar-refractivity contribution in [3.63, 3.8) is 0 Å². The molecule has 0 spiro atoms. The van der Waals surface area contributed by atoms with Crippen LogP contribution in [-0.4, -0.2) is 21.3 Å². The van der Waals surface area contributed by atoms with Gasteiger partial charge in [-0.15, -0.1) is 0 Å². The second kappa shape index (κ2) is 14.3. The topological polar surface area (TPSA) is 113 Å². The predicted octanol–water partition coefficient (Wildman–Crippen LogP) is 6.36. The molecule has 1 unspecified atom stereocenters. The Bertz CT molecular complexity index is 710. The quantitative estimate of drug-likeness (QED) is 0.208. The molecule has 0 saturated heterocycles. The number of phosphoric acid groups is 2. The maximum atomic E-state index is 11.3. The van der Waals surface area contributed by atoms with E-state index < -0.39 is 15.6 Å². The van der Waals surface area contributed by atoms with Crippen molar-refractivity contribution in [1.29, 1.82) is 0 Å². The van der Waals surface area contributed by atoms with E-state index in [2.05, 4.69) is 54.8 Å². The number of rotatable bonds is 14. The van der Waals surface area contributed by atoms with Crippen molar-refractivity contribution >= 4 is 15.6 Å². The first-order valence-corrected chi connectivity index (χ1v) is 12.7. The zero-order valence-electron chi connectivity index (χ0n) is 18.1. The van der Waals surface area contributed by atoms with Gasteiger partial charge in [0.2, 0.25) is 0 Å². The van der Waals surface area contributed by atoms with Crippen molar-refractivity contribution in [3.8, 4) is 0 Å². The molecule has 29 heavy (non-hydrogen) atoms. The van der Waals surface area contributed by atoms with Gasteiger partial charge in [0, 0.05) is 0 Å². The Balaban J connectivity index is 4.20. The summed E-state index contributed by atoms with van der Waals surface area (Å²) in [5, 5.41) is 0. The van der Waals surface area contributed by atoms with E-state index in [9.17, 15) is 14.0 Å². The zero-order chi connectivity index (χ0) is 22.5. The van der Waals surface area contributed by atoms with Crippen LogP contribution >= 0.6 is 15.6 Å². The van der Waals surface area contributed by atoms with E-state index in [0.29, 0.717) is 0 Å². The average molecular weight is 450 g/mol. The van der Waals surface area contributed by atoms with Gasteiger partial charge in [-0.25, -0.2) is 9.13 Å². The third kappa shape index (κ3) is 19.0. The highest BCUT2D eigenvalue weighted by Gasteiger charge is 2.31. The van der Waals surface area contributed by atoms with Crippen LogP contribution in [0.15, 0.2) is 46.6 Å². The molecule has 9 heteroatoms. The summed E-state index contributed by atoms with van der Waals surface area (Å²) >= 11 is 0. The van der Waals surface area contributed by atoms with E-state index >= 15 is 0 Å². The van der Waals surface area contributed by atoms with Crippen molar-refractivity contribution in [2.75, 3.05) is 6.61 Å². The van der Waals surface area contributed by atoms with Gasteiger partial charge in [0.05, 0.1) is 6.61 Å². The second-order valence-electron chi connectivity index (χ2n) is 7.39. The largest absolute Gasteiger partial charge is 0.481 e. The van der Waals surface area contributed by atoms with Crippen LogP contribution in [0.25, 0.3) is 0 Å². The van der Waals surface area contributed by atoms with Gasteiger partial charge in [-0.2, -0.15) is 4.31 Å². The Kier molecular flexibility index (Phi) is 13.9. The molecule has 3 N–H and O–H groups in total. The van der Waals surface area contributed by atoms with Gasteiger partial charge in [-0.3, -0.25) is 4.52 Å². The lowest BCUT2D eigenvalue weighted by Crippen LogP contribution is -1.94. The molecular weight excluding hydrogens is 414 g/mol. The van der Waals surface area contributed by atoms with Gasteiger partial charge in [0.15, 0.2) is 0 Å². The van der Waals surface area contributed by atoms with E-state index in [-0.39, 0.29) is 6.61 Å². The minimum atomic E-state index is -5.08. The Morgan fingerprint density at radius 3 is 1.55 bits per heavy atom. The van der Waals surface area contributed by atoms with E-state index in [0.717, 1.165) is 44.1 Å². The normalized spacial score (nSPS) is 15.9. The lowest BCUT2D eigenvalue weighted by Gasteiger charge is -2.11. The molecule has 0 aromatic rings. The van der Waals surface area contributed by atoms with E-state index in [1.165, 1.54) is 16.7 Å². The van der Waals surface area contributed by atoms with Crippen molar-refractivity contribution in [2.24, 2.45) is 0 Å². The number of phosphoric ester groups is 1. The van der Waals surface area contributed by atoms with E-state index in [4.69, 9.17) is 9.79 Å². The Labute approximate surface area is 175 Å². The first-order chi connectivity index (χ1) is 13.3. The first-order valence-electron chi connectivity index (χ1n) is 9.65. The Morgan fingerprint density at radius 2 is 1.14 bits per heavy atom. The molecule has 1 atom stereocenters. The SMILES string of the molecule is CC(C)=CCC/C(C)=C\CC/C(C)=C/CC/C(C)=C/COP(=O)(O)OP(=O)(O)O. The predicted molar refractivity (Wildman–Crippen MR) is 117 cm³/mol. The third-order valence-electron chi connectivity index (χ3n) is 4.03. The van der Waals surface area contributed by atoms with Crippen molar-refractivity contribution < 1.29 is 32.6 Å². The highest BCUT2D eigenvalue weighted by molar-refractivity contribution is 7.60. The van der Waals surface area contributed by atoms with Crippen molar-refractivity contribution in [1.82, 2.24) is 0 Å². The third-order valence-corrected chi connectivity index (χ3v) is 6.18. The van der Waals surface area contributed by atoms with Crippen LogP contribution in [0.2, 0.25) is 0 Å². The first kappa shape index (κ1) is 28.2. The summed E-state index contributed by atoms with van der Waals surface area (Å²) in [4.78, 5) is 26.2.